The standard InChI is InChI=1S/C12H12ClN3O/c13-10-6-2-1-5-9(10)12(15-16-14)8-4-3-7-11(12)17/h1-2,5-6H,3-4,7-8H2/t12-/m1/s1. The molecule has 0 radical (unpaired) electrons. The van der Waals surface area contributed by atoms with E-state index in [-0.39, 0.29) is 5.78 Å². The molecule has 0 saturated heterocycles. The molecule has 1 atom stereocenters. The second kappa shape index (κ2) is 4.78. The third-order valence-electron chi connectivity index (χ3n) is 3.19. The quantitative estimate of drug-likeness (QED) is 0.444. The molecule has 1 aromatic rings. The van der Waals surface area contributed by atoms with Gasteiger partial charge in [0.05, 0.1) is 0 Å². The Labute approximate surface area is 104 Å². The van der Waals surface area contributed by atoms with Gasteiger partial charge in [-0.2, -0.15) is 0 Å². The van der Waals surface area contributed by atoms with Crippen LogP contribution in [0.5, 0.6) is 0 Å². The number of nitrogens with zero attached hydrogens (tertiary/aromatic N) is 3. The first-order valence-corrected chi connectivity index (χ1v) is 5.93. The van der Waals surface area contributed by atoms with E-state index in [0.717, 1.165) is 12.8 Å². The van der Waals surface area contributed by atoms with E-state index in [9.17, 15) is 4.79 Å². The molecule has 1 saturated carbocycles. The Hall–Kier alpha value is -1.51. The van der Waals surface area contributed by atoms with Crippen LogP contribution in [0.4, 0.5) is 0 Å². The summed E-state index contributed by atoms with van der Waals surface area (Å²) < 4.78 is 0. The summed E-state index contributed by atoms with van der Waals surface area (Å²) in [5, 5.41) is 4.26. The van der Waals surface area contributed by atoms with E-state index in [1.165, 1.54) is 0 Å². The monoisotopic (exact) mass is 249 g/mol. The molecule has 1 aliphatic rings. The van der Waals surface area contributed by atoms with E-state index in [1.807, 2.05) is 0 Å². The third kappa shape index (κ3) is 2.02. The number of Topliss-reactive ketones (excluding diaryl/α,β-unsaturated/α-hetero) is 1. The third-order valence-corrected chi connectivity index (χ3v) is 3.52. The topological polar surface area (TPSA) is 65.8 Å². The Morgan fingerprint density at radius 3 is 2.76 bits per heavy atom. The maximum absolute atomic E-state index is 12.1. The Kier molecular flexibility index (Phi) is 3.36. The van der Waals surface area contributed by atoms with Gasteiger partial charge in [0.1, 0.15) is 11.3 Å². The minimum atomic E-state index is -1.09. The van der Waals surface area contributed by atoms with Crippen LogP contribution in [-0.4, -0.2) is 5.78 Å². The second-order valence-electron chi connectivity index (χ2n) is 4.16. The van der Waals surface area contributed by atoms with E-state index >= 15 is 0 Å². The van der Waals surface area contributed by atoms with Crippen LogP contribution >= 0.6 is 11.6 Å². The predicted octanol–water partition coefficient (Wildman–Crippen LogP) is 3.99. The summed E-state index contributed by atoms with van der Waals surface area (Å²) in [5.74, 6) is -0.0327. The van der Waals surface area contributed by atoms with Gasteiger partial charge in [0.15, 0.2) is 0 Å². The Morgan fingerprint density at radius 2 is 2.12 bits per heavy atom. The predicted molar refractivity (Wildman–Crippen MR) is 65.8 cm³/mol. The number of hydrogen-bond donors (Lipinski definition) is 0. The summed E-state index contributed by atoms with van der Waals surface area (Å²) in [7, 11) is 0. The molecule has 0 aromatic heterocycles. The molecule has 1 aliphatic carbocycles. The molecule has 2 rings (SSSR count). The van der Waals surface area contributed by atoms with Crippen molar-refractivity contribution in [3.8, 4) is 0 Å². The zero-order valence-corrected chi connectivity index (χ0v) is 10.0. The van der Waals surface area contributed by atoms with Crippen molar-refractivity contribution in [2.24, 2.45) is 5.11 Å². The number of halogens is 1. The van der Waals surface area contributed by atoms with E-state index in [2.05, 4.69) is 10.0 Å². The van der Waals surface area contributed by atoms with Crippen molar-refractivity contribution >= 4 is 17.4 Å². The summed E-state index contributed by atoms with van der Waals surface area (Å²) in [6.45, 7) is 0. The highest BCUT2D eigenvalue weighted by Gasteiger charge is 2.41. The highest BCUT2D eigenvalue weighted by atomic mass is 35.5. The van der Waals surface area contributed by atoms with Crippen LogP contribution in [0.25, 0.3) is 10.4 Å². The number of hydrogen-bond acceptors (Lipinski definition) is 2. The van der Waals surface area contributed by atoms with Gasteiger partial charge in [0.2, 0.25) is 0 Å². The average molecular weight is 250 g/mol. The maximum atomic E-state index is 12.1. The fourth-order valence-electron chi connectivity index (χ4n) is 2.33. The molecule has 4 nitrogen and oxygen atoms in total. The van der Waals surface area contributed by atoms with E-state index in [0.29, 0.717) is 23.4 Å². The zero-order chi connectivity index (χ0) is 12.3. The lowest BCUT2D eigenvalue weighted by molar-refractivity contribution is -0.126. The number of rotatable bonds is 2. The fraction of sp³-hybridized carbons (Fsp3) is 0.417. The van der Waals surface area contributed by atoms with Crippen LogP contribution < -0.4 is 0 Å². The van der Waals surface area contributed by atoms with Gasteiger partial charge in [0.25, 0.3) is 0 Å². The van der Waals surface area contributed by atoms with Gasteiger partial charge >= 0.3 is 0 Å². The summed E-state index contributed by atoms with van der Waals surface area (Å²) in [5.41, 5.74) is 8.25. The first-order chi connectivity index (χ1) is 8.20. The molecule has 0 unspecified atom stereocenters. The molecule has 0 heterocycles. The summed E-state index contributed by atoms with van der Waals surface area (Å²) in [4.78, 5) is 15.0. The van der Waals surface area contributed by atoms with Crippen molar-refractivity contribution in [2.75, 3.05) is 0 Å². The molecule has 5 heteroatoms. The van der Waals surface area contributed by atoms with E-state index in [1.54, 1.807) is 24.3 Å². The lowest BCUT2D eigenvalue weighted by atomic mass is 9.76. The average Bonchev–Trinajstić information content (AvgIpc) is 2.33. The van der Waals surface area contributed by atoms with Gasteiger partial charge in [-0.15, -0.1) is 0 Å². The van der Waals surface area contributed by atoms with Crippen LogP contribution in [0.3, 0.4) is 0 Å². The van der Waals surface area contributed by atoms with Gasteiger partial charge in [-0.25, -0.2) is 0 Å². The van der Waals surface area contributed by atoms with Gasteiger partial charge in [-0.05, 0) is 30.0 Å². The van der Waals surface area contributed by atoms with Crippen LogP contribution in [0.15, 0.2) is 29.4 Å². The molecule has 88 valence electrons. The molecule has 0 aliphatic heterocycles. The number of ketones is 1. The SMILES string of the molecule is [N-]=[N+]=N[C@@]1(c2ccccc2Cl)CCCCC1=O. The lowest BCUT2D eigenvalue weighted by Crippen LogP contribution is -2.36. The number of azide groups is 1. The molecule has 1 fully saturated rings. The second-order valence-corrected chi connectivity index (χ2v) is 4.57. The Balaban J connectivity index is 2.58. The number of benzene rings is 1. The molecule has 0 N–H and O–H groups in total. The zero-order valence-electron chi connectivity index (χ0n) is 9.27. The van der Waals surface area contributed by atoms with Crippen molar-refractivity contribution in [1.82, 2.24) is 0 Å². The molecular formula is C12H12ClN3O. The molecular weight excluding hydrogens is 238 g/mol. The van der Waals surface area contributed by atoms with Crippen molar-refractivity contribution in [3.05, 3.63) is 45.3 Å². The van der Waals surface area contributed by atoms with Gasteiger partial charge in [-0.1, -0.05) is 41.3 Å². The van der Waals surface area contributed by atoms with E-state index in [4.69, 9.17) is 17.1 Å². The summed E-state index contributed by atoms with van der Waals surface area (Å²) >= 11 is 6.11. The highest BCUT2D eigenvalue weighted by molar-refractivity contribution is 6.31. The van der Waals surface area contributed by atoms with Crippen LogP contribution in [-0.2, 0) is 10.3 Å². The largest absolute Gasteiger partial charge is 0.299 e. The molecule has 0 spiro atoms. The molecule has 0 amide bonds. The summed E-state index contributed by atoms with van der Waals surface area (Å²) in [6, 6.07) is 7.08. The normalized spacial score (nSPS) is 24.2. The number of carbonyl (C=O) groups is 1. The van der Waals surface area contributed by atoms with Gasteiger partial charge in [0, 0.05) is 16.4 Å². The minimum absolute atomic E-state index is 0.0327. The van der Waals surface area contributed by atoms with Crippen molar-refractivity contribution in [3.63, 3.8) is 0 Å². The van der Waals surface area contributed by atoms with Crippen molar-refractivity contribution in [2.45, 2.75) is 31.2 Å². The smallest absolute Gasteiger partial charge is 0.149 e. The maximum Gasteiger partial charge on any atom is 0.149 e. The van der Waals surface area contributed by atoms with E-state index < -0.39 is 5.54 Å². The first kappa shape index (κ1) is 12.0. The first-order valence-electron chi connectivity index (χ1n) is 5.55. The van der Waals surface area contributed by atoms with Crippen LogP contribution in [0, 0.1) is 0 Å². The van der Waals surface area contributed by atoms with Gasteiger partial charge in [-0.3, -0.25) is 4.79 Å². The minimum Gasteiger partial charge on any atom is -0.299 e. The molecule has 17 heavy (non-hydrogen) atoms. The van der Waals surface area contributed by atoms with Crippen molar-refractivity contribution < 1.29 is 4.79 Å². The lowest BCUT2D eigenvalue weighted by Gasteiger charge is -2.32. The van der Waals surface area contributed by atoms with Crippen molar-refractivity contribution in [1.29, 1.82) is 0 Å². The van der Waals surface area contributed by atoms with Crippen LogP contribution in [0.1, 0.15) is 31.2 Å². The molecule has 0 bridgehead atoms. The molecule has 1 aromatic carbocycles. The Bertz CT molecular complexity index is 496. The van der Waals surface area contributed by atoms with Gasteiger partial charge < -0.3 is 0 Å². The Morgan fingerprint density at radius 1 is 1.35 bits per heavy atom. The fourth-order valence-corrected chi connectivity index (χ4v) is 2.62. The highest BCUT2D eigenvalue weighted by Crippen LogP contribution is 2.41. The van der Waals surface area contributed by atoms with Crippen LogP contribution in [0.2, 0.25) is 5.02 Å². The summed E-state index contributed by atoms with van der Waals surface area (Å²) in [6.07, 6.45) is 2.71. The number of carbonyl (C=O) groups excluding carboxylic acids is 1.